The van der Waals surface area contributed by atoms with Crippen LogP contribution in [0.3, 0.4) is 0 Å². The Kier molecular flexibility index (Phi) is 6.50. The molecule has 0 unspecified atom stereocenters. The Hall–Kier alpha value is -2.81. The molecule has 0 radical (unpaired) electrons. The van der Waals surface area contributed by atoms with E-state index in [1.54, 1.807) is 0 Å². The fourth-order valence-electron chi connectivity index (χ4n) is 5.37. The zero-order valence-corrected chi connectivity index (χ0v) is 23.1. The van der Waals surface area contributed by atoms with Gasteiger partial charge < -0.3 is 0 Å². The Bertz CT molecular complexity index is 1380. The summed E-state index contributed by atoms with van der Waals surface area (Å²) in [6.07, 6.45) is 8.50. The van der Waals surface area contributed by atoms with Gasteiger partial charge in [-0.1, -0.05) is 0 Å². The molecular formula is C29H32IN5O. The van der Waals surface area contributed by atoms with Crippen LogP contribution in [0.5, 0.6) is 0 Å². The first-order valence-electron chi connectivity index (χ1n) is 12.9. The average Bonchev–Trinajstić information content (AvgIpc) is 3.54. The fourth-order valence-corrected chi connectivity index (χ4v) is 12.0. The van der Waals surface area contributed by atoms with E-state index >= 15 is 0 Å². The van der Waals surface area contributed by atoms with Crippen molar-refractivity contribution in [1.82, 2.24) is 19.6 Å². The van der Waals surface area contributed by atoms with E-state index in [1.165, 1.54) is 6.42 Å². The van der Waals surface area contributed by atoms with E-state index in [-0.39, 0.29) is 7.71 Å². The van der Waals surface area contributed by atoms with Crippen LogP contribution in [0.25, 0.3) is 16.8 Å². The Morgan fingerprint density at radius 3 is 2.67 bits per heavy atom. The molecule has 36 heavy (non-hydrogen) atoms. The van der Waals surface area contributed by atoms with E-state index in [2.05, 4.69) is 48.1 Å². The van der Waals surface area contributed by atoms with Gasteiger partial charge in [0.25, 0.3) is 0 Å². The van der Waals surface area contributed by atoms with Crippen LogP contribution in [-0.4, -0.2) is 40.9 Å². The second-order valence-electron chi connectivity index (χ2n) is 10.1. The van der Waals surface area contributed by atoms with Gasteiger partial charge >= 0.3 is 220 Å². The third-order valence-electron chi connectivity index (χ3n) is 7.32. The van der Waals surface area contributed by atoms with Crippen molar-refractivity contribution in [2.45, 2.75) is 43.5 Å². The molecule has 5 heterocycles. The van der Waals surface area contributed by atoms with Crippen molar-refractivity contribution in [2.24, 2.45) is 5.92 Å². The second-order valence-corrected chi connectivity index (χ2v) is 15.9. The van der Waals surface area contributed by atoms with Gasteiger partial charge in [0.2, 0.25) is 0 Å². The van der Waals surface area contributed by atoms with Crippen LogP contribution in [-0.2, 0) is 0 Å². The number of hydrogen-bond acceptors (Lipinski definition) is 5. The van der Waals surface area contributed by atoms with Crippen molar-refractivity contribution in [3.8, 4) is 11.1 Å². The quantitative estimate of drug-likeness (QED) is 0.150. The number of pyridine rings is 1. The topological polar surface area (TPSA) is 63.4 Å². The van der Waals surface area contributed by atoms with Crippen molar-refractivity contribution in [2.75, 3.05) is 22.4 Å². The van der Waals surface area contributed by atoms with Gasteiger partial charge in [0, 0.05) is 0 Å². The molecule has 0 N–H and O–H groups in total. The Balaban J connectivity index is 1.27. The summed E-state index contributed by atoms with van der Waals surface area (Å²) in [6, 6.07) is 16.3. The standard InChI is InChI=1S/C29H32IN5O/c1-20-13-15-34(18-20)29-21(2)19-35-27(32-29)16-26(33-35)24-10-6-7-14-30(24)28(36)25-12-11-23(17-31-25)22-8-4-3-5-9-22/h3-5,8-9,11-12,16-17,19-20,24H,6-7,10,13-15,18H2,1-2H3/t20-,24-/m0/s1. The van der Waals surface area contributed by atoms with E-state index in [4.69, 9.17) is 10.1 Å². The van der Waals surface area contributed by atoms with Gasteiger partial charge in [-0.3, -0.25) is 0 Å². The molecule has 2 saturated heterocycles. The van der Waals surface area contributed by atoms with Crippen molar-refractivity contribution in [3.63, 3.8) is 0 Å². The Morgan fingerprint density at radius 1 is 1.06 bits per heavy atom. The van der Waals surface area contributed by atoms with E-state index in [0.717, 1.165) is 70.6 Å². The number of fused-ring (bicyclic) bond motifs is 1. The molecule has 7 heteroatoms. The van der Waals surface area contributed by atoms with Gasteiger partial charge in [-0.2, -0.15) is 0 Å². The van der Waals surface area contributed by atoms with Crippen LogP contribution < -0.4 is 4.90 Å². The number of carbonyl (C=O) groups is 1. The summed E-state index contributed by atoms with van der Waals surface area (Å²) >= 11 is -2.02. The number of nitrogens with zero attached hydrogens (tertiary/aromatic N) is 5. The summed E-state index contributed by atoms with van der Waals surface area (Å²) in [7, 11) is 0. The molecule has 0 aliphatic carbocycles. The number of aromatic nitrogens is 4. The van der Waals surface area contributed by atoms with E-state index in [1.807, 2.05) is 41.0 Å². The van der Waals surface area contributed by atoms with Crippen molar-refractivity contribution < 1.29 is 4.79 Å². The fraction of sp³-hybridized carbons (Fsp3) is 0.379. The predicted molar refractivity (Wildman–Crippen MR) is 153 cm³/mol. The molecule has 0 bridgehead atoms. The molecular weight excluding hydrogens is 561 g/mol. The molecule has 3 aromatic heterocycles. The van der Waals surface area contributed by atoms with Crippen molar-refractivity contribution in [1.29, 1.82) is 0 Å². The molecule has 0 spiro atoms. The molecule has 2 atom stereocenters. The van der Waals surface area contributed by atoms with E-state index in [0.29, 0.717) is 11.6 Å². The molecule has 1 aromatic carbocycles. The molecule has 0 amide bonds. The zero-order valence-electron chi connectivity index (χ0n) is 20.9. The number of alkyl halides is 2. The number of anilines is 1. The summed E-state index contributed by atoms with van der Waals surface area (Å²) in [6.45, 7) is 6.56. The normalized spacial score (nSPS) is 21.3. The van der Waals surface area contributed by atoms with Gasteiger partial charge in [0.05, 0.1) is 0 Å². The summed E-state index contributed by atoms with van der Waals surface area (Å²) in [4.78, 5) is 25.8. The molecule has 4 aromatic rings. The molecule has 2 aliphatic rings. The molecule has 2 aliphatic heterocycles. The van der Waals surface area contributed by atoms with Crippen LogP contribution in [0.4, 0.5) is 5.82 Å². The van der Waals surface area contributed by atoms with Crippen molar-refractivity contribution in [3.05, 3.63) is 77.9 Å². The minimum atomic E-state index is -2.02. The van der Waals surface area contributed by atoms with Crippen LogP contribution in [0, 0.1) is 12.8 Å². The Labute approximate surface area is 219 Å². The number of halogens is 1. The van der Waals surface area contributed by atoms with Crippen LogP contribution in [0.15, 0.2) is 60.9 Å². The van der Waals surface area contributed by atoms with E-state index in [9.17, 15) is 4.79 Å². The van der Waals surface area contributed by atoms with Gasteiger partial charge in [0.15, 0.2) is 0 Å². The number of rotatable bonds is 5. The third-order valence-corrected chi connectivity index (χ3v) is 14.1. The van der Waals surface area contributed by atoms with Gasteiger partial charge in [-0.15, -0.1) is 0 Å². The zero-order chi connectivity index (χ0) is 24.6. The maximum atomic E-state index is 13.7. The summed E-state index contributed by atoms with van der Waals surface area (Å²) < 4.78 is 3.50. The van der Waals surface area contributed by atoms with E-state index < -0.39 is 19.8 Å². The summed E-state index contributed by atoms with van der Waals surface area (Å²) in [5.74, 6) is 1.79. The molecule has 6 rings (SSSR count). The first kappa shape index (κ1) is 23.6. The SMILES string of the molecule is Cc1cn2nc([C@@H]3CCCCI3C(=O)c3ccc(-c4ccccc4)cn3)cc2nc1N1CC[C@H](C)C1. The van der Waals surface area contributed by atoms with Crippen LogP contribution >= 0.6 is 19.8 Å². The minimum absolute atomic E-state index is 0.253. The predicted octanol–water partition coefficient (Wildman–Crippen LogP) is 6.52. The Morgan fingerprint density at radius 2 is 1.92 bits per heavy atom. The monoisotopic (exact) mass is 593 g/mol. The number of hydrogen-bond donors (Lipinski definition) is 0. The number of aryl methyl sites for hydroxylation is 1. The van der Waals surface area contributed by atoms with Gasteiger partial charge in [-0.25, -0.2) is 0 Å². The van der Waals surface area contributed by atoms with Gasteiger partial charge in [0.1, 0.15) is 0 Å². The van der Waals surface area contributed by atoms with Gasteiger partial charge in [-0.05, 0) is 0 Å². The number of carbonyl (C=O) groups excluding carboxylic acids is 1. The molecule has 2 fully saturated rings. The third kappa shape index (κ3) is 4.53. The van der Waals surface area contributed by atoms with Crippen LogP contribution in [0.1, 0.15) is 58.3 Å². The molecule has 186 valence electrons. The maximum absolute atomic E-state index is 13.7. The first-order valence-corrected chi connectivity index (χ1v) is 16.7. The second kappa shape index (κ2) is 9.92. The van der Waals surface area contributed by atoms with Crippen molar-refractivity contribution >= 4 is 35.1 Å². The summed E-state index contributed by atoms with van der Waals surface area (Å²) in [5, 5.41) is 4.96. The molecule has 0 saturated carbocycles. The molecule has 6 nitrogen and oxygen atoms in total. The van der Waals surface area contributed by atoms with Crippen LogP contribution in [0.2, 0.25) is 0 Å². The number of benzene rings is 1. The average molecular weight is 594 g/mol. The first-order chi connectivity index (χ1) is 17.6. The summed E-state index contributed by atoms with van der Waals surface area (Å²) in [5.41, 5.74) is 5.88.